The molecule has 1 atom stereocenters. The van der Waals surface area contributed by atoms with Crippen molar-refractivity contribution in [2.24, 2.45) is 0 Å². The molecule has 0 amide bonds. The molecule has 0 heterocycles. The van der Waals surface area contributed by atoms with Gasteiger partial charge in [-0.15, -0.1) is 0 Å². The van der Waals surface area contributed by atoms with Gasteiger partial charge in [0, 0.05) is 5.69 Å². The highest BCUT2D eigenvalue weighted by Crippen LogP contribution is 2.21. The zero-order valence-corrected chi connectivity index (χ0v) is 16.6. The van der Waals surface area contributed by atoms with Gasteiger partial charge in [-0.25, -0.2) is 4.79 Å². The van der Waals surface area contributed by atoms with Crippen molar-refractivity contribution in [1.82, 2.24) is 5.32 Å². The molecule has 0 bridgehead atoms. The molecule has 0 aliphatic carbocycles. The zero-order chi connectivity index (χ0) is 19.1. The number of hydrogen-bond acceptors (Lipinski definition) is 3. The van der Waals surface area contributed by atoms with Crippen LogP contribution in [0.1, 0.15) is 53.4 Å². The summed E-state index contributed by atoms with van der Waals surface area (Å²) in [4.78, 5) is 12.0. The van der Waals surface area contributed by atoms with E-state index in [9.17, 15) is 4.79 Å². The van der Waals surface area contributed by atoms with Crippen molar-refractivity contribution in [3.05, 3.63) is 64.7 Å². The molecule has 2 aromatic rings. The second kappa shape index (κ2) is 9.34. The molecule has 0 saturated carbocycles. The highest BCUT2D eigenvalue weighted by atomic mass is 32.1. The van der Waals surface area contributed by atoms with Crippen molar-refractivity contribution in [1.29, 1.82) is 0 Å². The fourth-order valence-electron chi connectivity index (χ4n) is 2.74. The number of hydrogen-bond donors (Lipinski definition) is 2. The maximum absolute atomic E-state index is 12.0. The summed E-state index contributed by atoms with van der Waals surface area (Å²) in [7, 11) is 0. The molecule has 0 aliphatic heterocycles. The van der Waals surface area contributed by atoms with Crippen LogP contribution in [0.25, 0.3) is 0 Å². The van der Waals surface area contributed by atoms with Crippen molar-refractivity contribution < 1.29 is 9.53 Å². The quantitative estimate of drug-likeness (QED) is 0.558. The number of carbonyl (C=O) groups excluding carboxylic acids is 1. The average molecular weight is 371 g/mol. The van der Waals surface area contributed by atoms with Crippen LogP contribution in [0.4, 0.5) is 5.69 Å². The summed E-state index contributed by atoms with van der Waals surface area (Å²) in [5.41, 5.74) is 4.59. The lowest BCUT2D eigenvalue weighted by Crippen LogP contribution is -2.32. The Morgan fingerprint density at radius 1 is 1.12 bits per heavy atom. The van der Waals surface area contributed by atoms with Gasteiger partial charge in [0.2, 0.25) is 0 Å². The second-order valence-corrected chi connectivity index (χ2v) is 6.58. The summed E-state index contributed by atoms with van der Waals surface area (Å²) in [6, 6.07) is 14.0. The molecule has 0 fully saturated rings. The molecular weight excluding hydrogens is 344 g/mol. The number of rotatable bonds is 6. The SMILES string of the molecule is CCOC(=O)c1cccc(NC(=S)N[C@@H](CC)c2ccc(C)cc2)c1C. The number of ether oxygens (including phenoxy) is 1. The number of nitrogens with one attached hydrogen (secondary N) is 2. The molecule has 0 radical (unpaired) electrons. The van der Waals surface area contributed by atoms with E-state index in [4.69, 9.17) is 17.0 Å². The van der Waals surface area contributed by atoms with Gasteiger partial charge in [0.05, 0.1) is 18.2 Å². The molecule has 5 heteroatoms. The van der Waals surface area contributed by atoms with Crippen molar-refractivity contribution in [2.45, 2.75) is 40.2 Å². The van der Waals surface area contributed by atoms with E-state index < -0.39 is 0 Å². The molecule has 2 aromatic carbocycles. The van der Waals surface area contributed by atoms with Gasteiger partial charge in [0.1, 0.15) is 0 Å². The van der Waals surface area contributed by atoms with Gasteiger partial charge in [-0.2, -0.15) is 0 Å². The molecule has 2 rings (SSSR count). The molecule has 0 aliphatic rings. The molecule has 2 N–H and O–H groups in total. The standard InChI is InChI=1S/C21H26N2O2S/c1-5-18(16-12-10-14(3)11-13-16)22-21(26)23-19-9-7-8-17(15(19)4)20(24)25-6-2/h7-13,18H,5-6H2,1-4H3,(H2,22,23,26)/t18-/m0/s1. The second-order valence-electron chi connectivity index (χ2n) is 6.17. The number of anilines is 1. The Kier molecular flexibility index (Phi) is 7.16. The Hall–Kier alpha value is -2.40. The van der Waals surface area contributed by atoms with E-state index in [1.165, 1.54) is 11.1 Å². The zero-order valence-electron chi connectivity index (χ0n) is 15.8. The molecular formula is C21H26N2O2S. The first-order valence-corrected chi connectivity index (χ1v) is 9.27. The lowest BCUT2D eigenvalue weighted by molar-refractivity contribution is 0.0525. The number of carbonyl (C=O) groups is 1. The molecule has 0 unspecified atom stereocenters. The Morgan fingerprint density at radius 2 is 1.81 bits per heavy atom. The van der Waals surface area contributed by atoms with Crippen LogP contribution in [-0.4, -0.2) is 17.7 Å². The van der Waals surface area contributed by atoms with E-state index in [0.29, 0.717) is 17.3 Å². The smallest absolute Gasteiger partial charge is 0.338 e. The van der Waals surface area contributed by atoms with Crippen molar-refractivity contribution in [3.63, 3.8) is 0 Å². The van der Waals surface area contributed by atoms with Crippen LogP contribution in [0.15, 0.2) is 42.5 Å². The van der Waals surface area contributed by atoms with Crippen LogP contribution in [-0.2, 0) is 4.74 Å². The summed E-state index contributed by atoms with van der Waals surface area (Å²) in [6.07, 6.45) is 0.909. The van der Waals surface area contributed by atoms with Crippen LogP contribution in [0.3, 0.4) is 0 Å². The van der Waals surface area contributed by atoms with Gasteiger partial charge in [0.15, 0.2) is 5.11 Å². The fraction of sp³-hybridized carbons (Fsp3) is 0.333. The van der Waals surface area contributed by atoms with Gasteiger partial charge in [-0.3, -0.25) is 0 Å². The van der Waals surface area contributed by atoms with E-state index >= 15 is 0 Å². The first-order chi connectivity index (χ1) is 12.5. The van der Waals surface area contributed by atoms with E-state index in [0.717, 1.165) is 17.7 Å². The van der Waals surface area contributed by atoms with Crippen LogP contribution >= 0.6 is 12.2 Å². The van der Waals surface area contributed by atoms with Gasteiger partial charge < -0.3 is 15.4 Å². The molecule has 4 nitrogen and oxygen atoms in total. The Labute approximate surface area is 161 Å². The third-order valence-corrected chi connectivity index (χ3v) is 4.49. The van der Waals surface area contributed by atoms with E-state index in [1.54, 1.807) is 13.0 Å². The maximum atomic E-state index is 12.0. The Balaban J connectivity index is 2.10. The minimum Gasteiger partial charge on any atom is -0.462 e. The van der Waals surface area contributed by atoms with E-state index in [1.807, 2.05) is 19.1 Å². The third-order valence-electron chi connectivity index (χ3n) is 4.27. The molecule has 26 heavy (non-hydrogen) atoms. The summed E-state index contributed by atoms with van der Waals surface area (Å²) >= 11 is 5.49. The monoisotopic (exact) mass is 370 g/mol. The van der Waals surface area contributed by atoms with Crippen molar-refractivity contribution in [3.8, 4) is 0 Å². The highest BCUT2D eigenvalue weighted by molar-refractivity contribution is 7.80. The van der Waals surface area contributed by atoms with Crippen LogP contribution < -0.4 is 10.6 Å². The lowest BCUT2D eigenvalue weighted by Gasteiger charge is -2.21. The van der Waals surface area contributed by atoms with Crippen molar-refractivity contribution >= 4 is 29.0 Å². The summed E-state index contributed by atoms with van der Waals surface area (Å²) in [6.45, 7) is 8.22. The van der Waals surface area contributed by atoms with Crippen LogP contribution in [0, 0.1) is 13.8 Å². The summed E-state index contributed by atoms with van der Waals surface area (Å²) in [5.74, 6) is -0.321. The van der Waals surface area contributed by atoms with Gasteiger partial charge in [-0.05, 0) is 62.7 Å². The predicted molar refractivity (Wildman–Crippen MR) is 111 cm³/mol. The Morgan fingerprint density at radius 3 is 2.42 bits per heavy atom. The number of benzene rings is 2. The molecule has 0 aromatic heterocycles. The maximum Gasteiger partial charge on any atom is 0.338 e. The topological polar surface area (TPSA) is 50.4 Å². The molecule has 0 spiro atoms. The molecule has 0 saturated heterocycles. The van der Waals surface area contributed by atoms with Crippen molar-refractivity contribution in [2.75, 3.05) is 11.9 Å². The summed E-state index contributed by atoms with van der Waals surface area (Å²) in [5, 5.41) is 7.09. The lowest BCUT2D eigenvalue weighted by atomic mass is 10.0. The van der Waals surface area contributed by atoms with Crippen LogP contribution in [0.5, 0.6) is 0 Å². The third kappa shape index (κ3) is 5.05. The normalized spacial score (nSPS) is 11.5. The fourth-order valence-corrected chi connectivity index (χ4v) is 2.99. The first-order valence-electron chi connectivity index (χ1n) is 8.87. The Bertz CT molecular complexity index is 772. The summed E-state index contributed by atoms with van der Waals surface area (Å²) < 4.78 is 5.10. The average Bonchev–Trinajstić information content (AvgIpc) is 2.62. The van der Waals surface area contributed by atoms with E-state index in [-0.39, 0.29) is 12.0 Å². The number of aryl methyl sites for hydroxylation is 1. The highest BCUT2D eigenvalue weighted by Gasteiger charge is 2.15. The molecule has 138 valence electrons. The minimum absolute atomic E-state index is 0.129. The van der Waals surface area contributed by atoms with Gasteiger partial charge in [-0.1, -0.05) is 42.8 Å². The van der Waals surface area contributed by atoms with E-state index in [2.05, 4.69) is 48.7 Å². The van der Waals surface area contributed by atoms with Crippen LogP contribution in [0.2, 0.25) is 0 Å². The first kappa shape index (κ1) is 19.9. The predicted octanol–water partition coefficient (Wildman–Crippen LogP) is 4.92. The minimum atomic E-state index is -0.321. The number of thiocarbonyl (C=S) groups is 1. The number of esters is 1. The van der Waals surface area contributed by atoms with Gasteiger partial charge >= 0.3 is 5.97 Å². The van der Waals surface area contributed by atoms with Gasteiger partial charge in [0.25, 0.3) is 0 Å². The largest absolute Gasteiger partial charge is 0.462 e.